The van der Waals surface area contributed by atoms with Crippen molar-refractivity contribution in [1.82, 2.24) is 9.97 Å². The lowest BCUT2D eigenvalue weighted by atomic mass is 10.2. The Morgan fingerprint density at radius 1 is 1.59 bits per heavy atom. The molecule has 1 rings (SSSR count). The van der Waals surface area contributed by atoms with E-state index in [0.717, 1.165) is 0 Å². The molecule has 1 atom stereocenters. The van der Waals surface area contributed by atoms with Crippen molar-refractivity contribution in [3.8, 4) is 5.75 Å². The fraction of sp³-hybridized carbons (Fsp3) is 0.600. The van der Waals surface area contributed by atoms with Crippen LogP contribution >= 0.6 is 0 Å². The number of H-pyrrole nitrogens is 1. The van der Waals surface area contributed by atoms with Crippen LogP contribution in [0.25, 0.3) is 0 Å². The van der Waals surface area contributed by atoms with E-state index in [1.165, 1.54) is 13.4 Å². The van der Waals surface area contributed by atoms with Crippen LogP contribution in [0.4, 0.5) is 5.82 Å². The van der Waals surface area contributed by atoms with Gasteiger partial charge < -0.3 is 24.9 Å². The molecule has 0 aliphatic rings. The molecule has 0 saturated heterocycles. The first-order chi connectivity index (χ1) is 8.22. The summed E-state index contributed by atoms with van der Waals surface area (Å²) >= 11 is 0. The molecule has 1 aromatic heterocycles. The maximum atomic E-state index is 11.4. The normalized spacial score (nSPS) is 12.2. The molecular weight excluding hydrogens is 226 g/mol. The van der Waals surface area contributed by atoms with Gasteiger partial charge in [-0.05, 0) is 6.42 Å². The lowest BCUT2D eigenvalue weighted by Gasteiger charge is -2.18. The average molecular weight is 243 g/mol. The van der Waals surface area contributed by atoms with Gasteiger partial charge in [-0.15, -0.1) is 0 Å². The van der Waals surface area contributed by atoms with Crippen LogP contribution in [0.5, 0.6) is 5.75 Å². The summed E-state index contributed by atoms with van der Waals surface area (Å²) in [6, 6.07) is -0.131. The van der Waals surface area contributed by atoms with Crippen LogP contribution in [0.2, 0.25) is 0 Å². The molecule has 1 aromatic rings. The average Bonchev–Trinajstić information content (AvgIpc) is 2.30. The summed E-state index contributed by atoms with van der Waals surface area (Å²) in [4.78, 5) is 17.8. The Kier molecular flexibility index (Phi) is 5.44. The second kappa shape index (κ2) is 6.87. The Hall–Kier alpha value is -1.60. The third-order valence-corrected chi connectivity index (χ3v) is 2.20. The SMILES string of the molecule is COCC(CCO)Nc1nc[nH]c(=O)c1OC. The third kappa shape index (κ3) is 3.72. The number of aromatic nitrogens is 2. The highest BCUT2D eigenvalue weighted by Crippen LogP contribution is 2.16. The van der Waals surface area contributed by atoms with Crippen LogP contribution in [0, 0.1) is 0 Å². The van der Waals surface area contributed by atoms with Gasteiger partial charge in [-0.1, -0.05) is 0 Å². The van der Waals surface area contributed by atoms with Gasteiger partial charge in [-0.2, -0.15) is 0 Å². The molecule has 1 heterocycles. The molecule has 1 unspecified atom stereocenters. The molecule has 0 spiro atoms. The second-order valence-electron chi connectivity index (χ2n) is 3.42. The lowest BCUT2D eigenvalue weighted by Crippen LogP contribution is -2.28. The van der Waals surface area contributed by atoms with Gasteiger partial charge in [0.1, 0.15) is 0 Å². The molecule has 0 aliphatic carbocycles. The van der Waals surface area contributed by atoms with Crippen LogP contribution in [-0.4, -0.2) is 48.5 Å². The number of aromatic amines is 1. The van der Waals surface area contributed by atoms with Crippen molar-refractivity contribution in [2.24, 2.45) is 0 Å². The van der Waals surface area contributed by atoms with Crippen molar-refractivity contribution in [2.75, 3.05) is 32.8 Å². The smallest absolute Gasteiger partial charge is 0.295 e. The zero-order valence-corrected chi connectivity index (χ0v) is 9.90. The number of ether oxygens (including phenoxy) is 2. The molecule has 0 aliphatic heterocycles. The van der Waals surface area contributed by atoms with Crippen LogP contribution in [-0.2, 0) is 4.74 Å². The van der Waals surface area contributed by atoms with E-state index in [-0.39, 0.29) is 24.0 Å². The van der Waals surface area contributed by atoms with Crippen molar-refractivity contribution in [1.29, 1.82) is 0 Å². The van der Waals surface area contributed by atoms with Crippen molar-refractivity contribution >= 4 is 5.82 Å². The molecule has 3 N–H and O–H groups in total. The Balaban J connectivity index is 2.84. The maximum absolute atomic E-state index is 11.4. The first-order valence-electron chi connectivity index (χ1n) is 5.21. The Bertz CT molecular complexity index is 387. The number of hydrogen-bond donors (Lipinski definition) is 3. The van der Waals surface area contributed by atoms with Gasteiger partial charge in [0, 0.05) is 13.7 Å². The molecule has 0 amide bonds. The number of aliphatic hydroxyl groups is 1. The van der Waals surface area contributed by atoms with E-state index in [0.29, 0.717) is 18.8 Å². The molecule has 0 fully saturated rings. The fourth-order valence-corrected chi connectivity index (χ4v) is 1.43. The predicted octanol–water partition coefficient (Wildman–Crippen LogP) is -0.412. The van der Waals surface area contributed by atoms with Gasteiger partial charge in [0.25, 0.3) is 5.56 Å². The van der Waals surface area contributed by atoms with Crippen LogP contribution < -0.4 is 15.6 Å². The molecule has 7 nitrogen and oxygen atoms in total. The molecule has 96 valence electrons. The summed E-state index contributed by atoms with van der Waals surface area (Å²) in [5, 5.41) is 11.9. The van der Waals surface area contributed by atoms with Gasteiger partial charge >= 0.3 is 0 Å². The van der Waals surface area contributed by atoms with E-state index in [9.17, 15) is 4.79 Å². The summed E-state index contributed by atoms with van der Waals surface area (Å²) < 4.78 is 9.97. The van der Waals surface area contributed by atoms with E-state index < -0.39 is 0 Å². The second-order valence-corrected chi connectivity index (χ2v) is 3.42. The summed E-state index contributed by atoms with van der Waals surface area (Å²) in [5.74, 6) is 0.457. The Labute approximate surface area is 98.8 Å². The van der Waals surface area contributed by atoms with E-state index in [1.54, 1.807) is 7.11 Å². The van der Waals surface area contributed by atoms with E-state index >= 15 is 0 Å². The summed E-state index contributed by atoms with van der Waals surface area (Å²) in [5.41, 5.74) is -0.356. The number of rotatable bonds is 7. The van der Waals surface area contributed by atoms with Crippen molar-refractivity contribution in [3.05, 3.63) is 16.7 Å². The minimum Gasteiger partial charge on any atom is -0.489 e. The minimum atomic E-state index is -0.356. The molecule has 17 heavy (non-hydrogen) atoms. The molecule has 0 radical (unpaired) electrons. The Morgan fingerprint density at radius 2 is 2.35 bits per heavy atom. The van der Waals surface area contributed by atoms with Crippen molar-refractivity contribution < 1.29 is 14.6 Å². The van der Waals surface area contributed by atoms with Crippen LogP contribution in [0.1, 0.15) is 6.42 Å². The number of methoxy groups -OCH3 is 2. The number of anilines is 1. The number of nitrogens with zero attached hydrogens (tertiary/aromatic N) is 1. The minimum absolute atomic E-state index is 0.0204. The zero-order chi connectivity index (χ0) is 12.7. The van der Waals surface area contributed by atoms with Crippen molar-refractivity contribution in [3.63, 3.8) is 0 Å². The van der Waals surface area contributed by atoms with E-state index in [2.05, 4.69) is 15.3 Å². The van der Waals surface area contributed by atoms with Crippen LogP contribution in [0.3, 0.4) is 0 Å². The van der Waals surface area contributed by atoms with Gasteiger partial charge in [-0.25, -0.2) is 4.98 Å². The molecule has 0 saturated carbocycles. The number of nitrogens with one attached hydrogen (secondary N) is 2. The quantitative estimate of drug-likeness (QED) is 0.602. The zero-order valence-electron chi connectivity index (χ0n) is 9.90. The summed E-state index contributed by atoms with van der Waals surface area (Å²) in [6.45, 7) is 0.421. The first-order valence-corrected chi connectivity index (χ1v) is 5.21. The summed E-state index contributed by atoms with van der Waals surface area (Å²) in [7, 11) is 2.96. The molecule has 0 bridgehead atoms. The van der Waals surface area contributed by atoms with Gasteiger partial charge in [-0.3, -0.25) is 4.79 Å². The third-order valence-electron chi connectivity index (χ3n) is 2.20. The number of hydrogen-bond acceptors (Lipinski definition) is 6. The largest absolute Gasteiger partial charge is 0.489 e. The van der Waals surface area contributed by atoms with E-state index in [1.807, 2.05) is 0 Å². The maximum Gasteiger partial charge on any atom is 0.295 e. The van der Waals surface area contributed by atoms with Crippen molar-refractivity contribution in [2.45, 2.75) is 12.5 Å². The highest BCUT2D eigenvalue weighted by atomic mass is 16.5. The first kappa shape index (κ1) is 13.5. The van der Waals surface area contributed by atoms with Gasteiger partial charge in [0.15, 0.2) is 5.82 Å². The Morgan fingerprint density at radius 3 is 2.94 bits per heavy atom. The number of aliphatic hydroxyl groups excluding tert-OH is 1. The highest BCUT2D eigenvalue weighted by molar-refractivity contribution is 5.48. The topological polar surface area (TPSA) is 96.5 Å². The molecule has 7 heteroatoms. The molecular formula is C10H17N3O4. The highest BCUT2D eigenvalue weighted by Gasteiger charge is 2.14. The monoisotopic (exact) mass is 243 g/mol. The lowest BCUT2D eigenvalue weighted by molar-refractivity contribution is 0.170. The molecule has 0 aromatic carbocycles. The summed E-state index contributed by atoms with van der Waals surface area (Å²) in [6.07, 6.45) is 1.78. The van der Waals surface area contributed by atoms with Gasteiger partial charge in [0.2, 0.25) is 5.75 Å². The fourth-order valence-electron chi connectivity index (χ4n) is 1.43. The van der Waals surface area contributed by atoms with Crippen LogP contribution in [0.15, 0.2) is 11.1 Å². The predicted molar refractivity (Wildman–Crippen MR) is 62.4 cm³/mol. The standard InChI is InChI=1S/C10H17N3O4/c1-16-5-7(3-4-14)13-9-8(17-2)10(15)12-6-11-9/h6-7,14H,3-5H2,1-2H3,(H2,11,12,13,15). The van der Waals surface area contributed by atoms with Gasteiger partial charge in [0.05, 0.1) is 26.1 Å². The van der Waals surface area contributed by atoms with E-state index in [4.69, 9.17) is 14.6 Å².